The molecule has 2 aromatic heterocycles. The number of benzene rings is 1. The molecule has 1 atom stereocenters. The summed E-state index contributed by atoms with van der Waals surface area (Å²) in [5.41, 5.74) is 3.94. The van der Waals surface area contributed by atoms with E-state index in [1.165, 1.54) is 7.11 Å². The highest BCUT2D eigenvalue weighted by atomic mass is 35.5. The van der Waals surface area contributed by atoms with Gasteiger partial charge in [0.05, 0.1) is 18.5 Å². The van der Waals surface area contributed by atoms with Crippen molar-refractivity contribution in [3.63, 3.8) is 0 Å². The monoisotopic (exact) mass is 373 g/mol. The highest BCUT2D eigenvalue weighted by Crippen LogP contribution is 2.31. The molecule has 0 aliphatic heterocycles. The predicted molar refractivity (Wildman–Crippen MR) is 99.2 cm³/mol. The fraction of sp³-hybridized carbons (Fsp3) is 0.316. The largest absolute Gasteiger partial charge is 0.467 e. The molecule has 0 saturated heterocycles. The van der Waals surface area contributed by atoms with E-state index in [9.17, 15) is 9.90 Å². The van der Waals surface area contributed by atoms with Crippen LogP contribution in [0.5, 0.6) is 0 Å². The van der Waals surface area contributed by atoms with Crippen molar-refractivity contribution in [3.05, 3.63) is 52.3 Å². The van der Waals surface area contributed by atoms with Crippen LogP contribution in [0.25, 0.3) is 16.9 Å². The summed E-state index contributed by atoms with van der Waals surface area (Å²) < 4.78 is 6.37. The number of hydrogen-bond acceptors (Lipinski definition) is 5. The minimum Gasteiger partial charge on any atom is -0.467 e. The third-order valence-electron chi connectivity index (χ3n) is 4.23. The molecule has 0 aliphatic carbocycles. The molecular weight excluding hydrogens is 354 g/mol. The van der Waals surface area contributed by atoms with E-state index in [4.69, 9.17) is 16.3 Å². The normalized spacial score (nSPS) is 12.6. The first kappa shape index (κ1) is 18.4. The van der Waals surface area contributed by atoms with Gasteiger partial charge in [-0.3, -0.25) is 0 Å². The molecule has 6 nitrogen and oxygen atoms in total. The molecular formula is C19H20ClN3O3. The standard InChI is InChI=1S/C19H20ClN3O3/c1-10(2)17-16(18(24)19(25)26-4)11(3)21-15-9-14(22-23(15)17)12-6-5-7-13(20)8-12/h5-10,18,24H,1-4H3/t18-/m0/s1. The molecule has 3 aromatic rings. The summed E-state index contributed by atoms with van der Waals surface area (Å²) >= 11 is 6.08. The molecule has 0 saturated carbocycles. The van der Waals surface area contributed by atoms with Gasteiger partial charge in [0, 0.05) is 27.9 Å². The number of halogens is 1. The Morgan fingerprint density at radius 2 is 2.04 bits per heavy atom. The summed E-state index contributed by atoms with van der Waals surface area (Å²) in [7, 11) is 1.24. The number of aliphatic hydroxyl groups is 1. The molecule has 0 spiro atoms. The van der Waals surface area contributed by atoms with Crippen molar-refractivity contribution < 1.29 is 14.6 Å². The molecule has 0 amide bonds. The van der Waals surface area contributed by atoms with Gasteiger partial charge in [-0.15, -0.1) is 0 Å². The van der Waals surface area contributed by atoms with E-state index in [0.29, 0.717) is 27.6 Å². The molecule has 0 aliphatic rings. The maximum absolute atomic E-state index is 11.9. The van der Waals surface area contributed by atoms with Gasteiger partial charge in [-0.05, 0) is 25.0 Å². The molecule has 0 fully saturated rings. The number of nitrogens with zero attached hydrogens (tertiary/aromatic N) is 3. The maximum Gasteiger partial charge on any atom is 0.339 e. The Hall–Kier alpha value is -2.44. The zero-order valence-corrected chi connectivity index (χ0v) is 15.8. The zero-order chi connectivity index (χ0) is 19.0. The predicted octanol–water partition coefficient (Wildman–Crippen LogP) is 3.69. The molecule has 0 bridgehead atoms. The van der Waals surface area contributed by atoms with Crippen LogP contribution in [0.3, 0.4) is 0 Å². The van der Waals surface area contributed by atoms with E-state index in [0.717, 1.165) is 11.3 Å². The number of esters is 1. The van der Waals surface area contributed by atoms with Gasteiger partial charge in [-0.25, -0.2) is 14.3 Å². The van der Waals surface area contributed by atoms with E-state index in [1.807, 2.05) is 38.1 Å². The molecule has 1 N–H and O–H groups in total. The highest BCUT2D eigenvalue weighted by Gasteiger charge is 2.28. The van der Waals surface area contributed by atoms with Crippen LogP contribution in [0.1, 0.15) is 42.8 Å². The Kier molecular flexibility index (Phi) is 4.98. The van der Waals surface area contributed by atoms with Crippen LogP contribution >= 0.6 is 11.6 Å². The number of aliphatic hydroxyl groups excluding tert-OH is 1. The fourth-order valence-electron chi connectivity index (χ4n) is 3.07. The van der Waals surface area contributed by atoms with E-state index in [1.54, 1.807) is 17.5 Å². The number of carbonyl (C=O) groups is 1. The van der Waals surface area contributed by atoms with E-state index < -0.39 is 12.1 Å². The van der Waals surface area contributed by atoms with E-state index >= 15 is 0 Å². The average Bonchev–Trinajstić information content (AvgIpc) is 3.02. The Bertz CT molecular complexity index is 982. The number of hydrogen-bond donors (Lipinski definition) is 1. The fourth-order valence-corrected chi connectivity index (χ4v) is 3.26. The van der Waals surface area contributed by atoms with Crippen LogP contribution in [0.4, 0.5) is 0 Å². The van der Waals surface area contributed by atoms with Crippen LogP contribution < -0.4 is 0 Å². The Morgan fingerprint density at radius 3 is 2.65 bits per heavy atom. The van der Waals surface area contributed by atoms with Crippen molar-refractivity contribution in [2.75, 3.05) is 7.11 Å². The molecule has 0 unspecified atom stereocenters. The van der Waals surface area contributed by atoms with Gasteiger partial charge in [-0.1, -0.05) is 37.6 Å². The SMILES string of the molecule is COC(=O)[C@@H](O)c1c(C)nc2cc(-c3cccc(Cl)c3)nn2c1C(C)C. The Morgan fingerprint density at radius 1 is 1.31 bits per heavy atom. The van der Waals surface area contributed by atoms with Gasteiger partial charge in [-0.2, -0.15) is 5.10 Å². The van der Waals surface area contributed by atoms with Crippen molar-refractivity contribution in [2.24, 2.45) is 0 Å². The van der Waals surface area contributed by atoms with Crippen LogP contribution in [-0.2, 0) is 9.53 Å². The molecule has 7 heteroatoms. The average molecular weight is 374 g/mol. The second kappa shape index (κ2) is 7.05. The maximum atomic E-state index is 11.9. The van der Waals surface area contributed by atoms with Gasteiger partial charge < -0.3 is 9.84 Å². The first-order valence-corrected chi connectivity index (χ1v) is 8.63. The lowest BCUT2D eigenvalue weighted by molar-refractivity contribution is -0.150. The zero-order valence-electron chi connectivity index (χ0n) is 15.0. The van der Waals surface area contributed by atoms with Crippen LogP contribution in [0.15, 0.2) is 30.3 Å². The van der Waals surface area contributed by atoms with Crippen LogP contribution in [0.2, 0.25) is 5.02 Å². The molecule has 0 radical (unpaired) electrons. The van der Waals surface area contributed by atoms with Gasteiger partial charge >= 0.3 is 5.97 Å². The number of aryl methyl sites for hydroxylation is 1. The molecule has 2 heterocycles. The lowest BCUT2D eigenvalue weighted by Crippen LogP contribution is -2.20. The summed E-state index contributed by atoms with van der Waals surface area (Å²) in [6.45, 7) is 5.71. The quantitative estimate of drug-likeness (QED) is 0.706. The molecule has 3 rings (SSSR count). The minimum absolute atomic E-state index is 0.000572. The third-order valence-corrected chi connectivity index (χ3v) is 4.47. The molecule has 136 valence electrons. The van der Waals surface area contributed by atoms with Crippen LogP contribution in [0, 0.1) is 6.92 Å². The summed E-state index contributed by atoms with van der Waals surface area (Å²) in [4.78, 5) is 16.4. The Balaban J connectivity index is 2.26. The number of ether oxygens (including phenoxy) is 1. The summed E-state index contributed by atoms with van der Waals surface area (Å²) in [6.07, 6.45) is -1.41. The number of carbonyl (C=O) groups excluding carboxylic acids is 1. The number of rotatable bonds is 4. The first-order chi connectivity index (χ1) is 12.3. The topological polar surface area (TPSA) is 76.7 Å². The second-order valence-electron chi connectivity index (χ2n) is 6.39. The lowest BCUT2D eigenvalue weighted by atomic mass is 9.98. The van der Waals surface area contributed by atoms with Crippen molar-refractivity contribution >= 4 is 23.2 Å². The van der Waals surface area contributed by atoms with E-state index in [-0.39, 0.29) is 5.92 Å². The third kappa shape index (κ3) is 3.18. The van der Waals surface area contributed by atoms with Crippen molar-refractivity contribution in [1.29, 1.82) is 0 Å². The minimum atomic E-state index is -1.41. The summed E-state index contributed by atoms with van der Waals surface area (Å²) in [6, 6.07) is 9.26. The molecule has 26 heavy (non-hydrogen) atoms. The number of aromatic nitrogens is 3. The van der Waals surface area contributed by atoms with Gasteiger partial charge in [0.25, 0.3) is 0 Å². The highest BCUT2D eigenvalue weighted by molar-refractivity contribution is 6.30. The van der Waals surface area contributed by atoms with Gasteiger partial charge in [0.1, 0.15) is 0 Å². The van der Waals surface area contributed by atoms with Crippen LogP contribution in [-0.4, -0.2) is 32.8 Å². The smallest absolute Gasteiger partial charge is 0.339 e. The van der Waals surface area contributed by atoms with E-state index in [2.05, 4.69) is 10.1 Å². The van der Waals surface area contributed by atoms with Gasteiger partial charge in [0.2, 0.25) is 0 Å². The summed E-state index contributed by atoms with van der Waals surface area (Å²) in [5, 5.41) is 15.7. The van der Waals surface area contributed by atoms with Gasteiger partial charge in [0.15, 0.2) is 11.8 Å². The number of methoxy groups -OCH3 is 1. The van der Waals surface area contributed by atoms with Crippen molar-refractivity contribution in [1.82, 2.24) is 14.6 Å². The number of fused-ring (bicyclic) bond motifs is 1. The summed E-state index contributed by atoms with van der Waals surface area (Å²) in [5.74, 6) is -0.723. The Labute approximate surface area is 156 Å². The second-order valence-corrected chi connectivity index (χ2v) is 6.82. The molecule has 1 aromatic carbocycles. The van der Waals surface area contributed by atoms with Crippen molar-refractivity contribution in [2.45, 2.75) is 32.8 Å². The first-order valence-electron chi connectivity index (χ1n) is 8.25. The van der Waals surface area contributed by atoms with Crippen molar-refractivity contribution in [3.8, 4) is 11.3 Å². The lowest BCUT2D eigenvalue weighted by Gasteiger charge is -2.19.